The minimum absolute atomic E-state index is 0. The van der Waals surface area contributed by atoms with Crippen molar-refractivity contribution < 1.29 is 63.1 Å². The predicted octanol–water partition coefficient (Wildman–Crippen LogP) is -1.89. The molecule has 0 rings (SSSR count). The smallest absolute Gasteiger partial charge is 0.480 e. The number of carboxylic acids is 1. The third-order valence-corrected chi connectivity index (χ3v) is 3.71. The van der Waals surface area contributed by atoms with E-state index in [2.05, 4.69) is 42.0 Å². The molecular formula is C24H57AgN14O9S+. The van der Waals surface area contributed by atoms with E-state index < -0.39 is 22.3 Å². The molecule has 0 saturated carbocycles. The van der Waals surface area contributed by atoms with Crippen molar-refractivity contribution in [3.05, 3.63) is 10.1 Å². The fraction of sp³-hybridized carbons (Fsp3) is 0.708. The number of hydrogen-bond donors (Lipinski definition) is 11. The first-order chi connectivity index (χ1) is 22.0. The fourth-order valence-electron chi connectivity index (χ4n) is 1.72. The van der Waals surface area contributed by atoms with Gasteiger partial charge in [0.25, 0.3) is 5.09 Å². The van der Waals surface area contributed by atoms with Crippen LogP contribution in [0.2, 0.25) is 0 Å². The summed E-state index contributed by atoms with van der Waals surface area (Å²) in [7, 11) is 6.87. The van der Waals surface area contributed by atoms with Gasteiger partial charge < -0.3 is 42.0 Å². The molecule has 0 aromatic rings. The Morgan fingerprint density at radius 3 is 1.65 bits per heavy atom. The van der Waals surface area contributed by atoms with E-state index in [0.717, 1.165) is 5.17 Å². The number of hydrazine groups is 3. The summed E-state index contributed by atoms with van der Waals surface area (Å²) in [6.45, 7) is 12.0. The first kappa shape index (κ1) is 60.4. The minimum Gasteiger partial charge on any atom is -0.480 e. The summed E-state index contributed by atoms with van der Waals surface area (Å²) >= 11 is 1.57. The molecule has 293 valence electrons. The Hall–Kier alpha value is -3.96. The quantitative estimate of drug-likeness (QED) is 0.0254. The number of nitriles is 1. The second-order valence-electron chi connectivity index (χ2n) is 9.49. The van der Waals surface area contributed by atoms with E-state index in [1.54, 1.807) is 66.8 Å². The van der Waals surface area contributed by atoms with Crippen LogP contribution >= 0.6 is 11.8 Å². The summed E-state index contributed by atoms with van der Waals surface area (Å²) in [6.07, 6.45) is 1.96. The van der Waals surface area contributed by atoms with Crippen LogP contribution in [0.25, 0.3) is 0 Å². The zero-order valence-corrected chi connectivity index (χ0v) is 32.4. The summed E-state index contributed by atoms with van der Waals surface area (Å²) < 4.78 is 9.93. The predicted molar refractivity (Wildman–Crippen MR) is 186 cm³/mol. The maximum atomic E-state index is 11.3. The van der Waals surface area contributed by atoms with Crippen LogP contribution in [-0.4, -0.2) is 116 Å². The topological polar surface area (TPSA) is 364 Å². The summed E-state index contributed by atoms with van der Waals surface area (Å²) in [6, 6.07) is 1.75. The number of esters is 2. The molecule has 0 heterocycles. The van der Waals surface area contributed by atoms with Crippen molar-refractivity contribution >= 4 is 46.8 Å². The van der Waals surface area contributed by atoms with Gasteiger partial charge in [-0.15, -0.1) is 10.1 Å². The molecule has 0 atom stereocenters. The van der Waals surface area contributed by atoms with Gasteiger partial charge in [-0.1, -0.05) is 11.8 Å². The summed E-state index contributed by atoms with van der Waals surface area (Å²) in [4.78, 5) is 51.0. The average Bonchev–Trinajstić information content (AvgIpc) is 2.96. The number of amidine groups is 1. The Bertz CT molecular complexity index is 1000. The molecule has 0 spiro atoms. The van der Waals surface area contributed by atoms with E-state index in [1.165, 1.54) is 6.92 Å². The van der Waals surface area contributed by atoms with Crippen molar-refractivity contribution in [1.29, 1.82) is 5.26 Å². The van der Waals surface area contributed by atoms with E-state index >= 15 is 0 Å². The number of aliphatic imine (C=N–C) groups is 3. The van der Waals surface area contributed by atoms with E-state index in [9.17, 15) is 14.4 Å². The number of guanidine groups is 2. The normalized spacial score (nSPS) is 10.3. The van der Waals surface area contributed by atoms with Crippen LogP contribution in [0.4, 0.5) is 0 Å². The van der Waals surface area contributed by atoms with Crippen molar-refractivity contribution in [2.45, 2.75) is 59.7 Å². The van der Waals surface area contributed by atoms with Gasteiger partial charge in [0.15, 0.2) is 5.17 Å². The number of nitrogens with zero attached hydrogens (tertiary/aromatic N) is 5. The maximum absolute atomic E-state index is 11.3. The molecule has 0 aliphatic rings. The molecule has 0 saturated heterocycles. The Labute approximate surface area is 309 Å². The molecule has 0 bridgehead atoms. The van der Waals surface area contributed by atoms with E-state index in [1.807, 2.05) is 32.5 Å². The first-order valence-corrected chi connectivity index (χ1v) is 14.6. The SMILES string of the molecule is CC#N.CC(C)(C)OC(=O)CN.CN=C(NCC(=O)OC(C)(C)C)NNC.CN=C(NNC)SC.NNC(N)=NCC(=O)O.O=[N+]([O-])O.[Ag].[H+]. The molecule has 14 N–H and O–H groups in total. The Balaban J connectivity index is -0.0000000745. The number of rotatable bonds is 7. The number of thioether (sulfide) groups is 1. The zero-order valence-electron chi connectivity index (χ0n) is 31.1. The van der Waals surface area contributed by atoms with Crippen LogP contribution in [-0.2, 0) is 46.2 Å². The van der Waals surface area contributed by atoms with Gasteiger partial charge >= 0.3 is 19.3 Å². The summed E-state index contributed by atoms with van der Waals surface area (Å²) in [5.41, 5.74) is 22.1. The molecule has 23 nitrogen and oxygen atoms in total. The number of aliphatic carboxylic acids is 1. The first-order valence-electron chi connectivity index (χ1n) is 13.3. The molecule has 25 heteroatoms. The molecule has 49 heavy (non-hydrogen) atoms. The third-order valence-electron chi connectivity index (χ3n) is 3.03. The van der Waals surface area contributed by atoms with Crippen LogP contribution in [0.5, 0.6) is 0 Å². The maximum Gasteiger partial charge on any atom is 1.00 e. The van der Waals surface area contributed by atoms with Crippen molar-refractivity contribution in [1.82, 2.24) is 32.4 Å². The third kappa shape index (κ3) is 75.8. The second-order valence-corrected chi connectivity index (χ2v) is 10.3. The van der Waals surface area contributed by atoms with Crippen molar-refractivity contribution in [3.8, 4) is 6.07 Å². The molecule has 0 aromatic heterocycles. The van der Waals surface area contributed by atoms with Gasteiger partial charge in [0.2, 0.25) is 11.9 Å². The van der Waals surface area contributed by atoms with Gasteiger partial charge in [-0.3, -0.25) is 35.2 Å². The van der Waals surface area contributed by atoms with E-state index in [4.69, 9.17) is 52.5 Å². The molecule has 0 aliphatic carbocycles. The summed E-state index contributed by atoms with van der Waals surface area (Å²) in [5.74, 6) is 3.44. The number of carboxylic acid groups (broad SMARTS) is 1. The Morgan fingerprint density at radius 2 is 1.43 bits per heavy atom. The van der Waals surface area contributed by atoms with Gasteiger partial charge in [-0.05, 0) is 47.8 Å². The molecule has 0 aliphatic heterocycles. The molecule has 0 fully saturated rings. The van der Waals surface area contributed by atoms with E-state index in [-0.39, 0.29) is 61.3 Å². The van der Waals surface area contributed by atoms with Crippen LogP contribution < -0.4 is 49.8 Å². The molecular weight excluding hydrogens is 768 g/mol. The largest absolute Gasteiger partial charge is 1.00 e. The van der Waals surface area contributed by atoms with Gasteiger partial charge in [0, 0.05) is 57.5 Å². The van der Waals surface area contributed by atoms with Crippen molar-refractivity contribution in [2.24, 2.45) is 32.3 Å². The van der Waals surface area contributed by atoms with Gasteiger partial charge in [0.1, 0.15) is 24.3 Å². The van der Waals surface area contributed by atoms with Crippen LogP contribution in [0, 0.1) is 21.4 Å². The molecule has 0 aromatic carbocycles. The number of ether oxygens (including phenoxy) is 2. The molecule has 0 unspecified atom stereocenters. The fourth-order valence-corrected chi connectivity index (χ4v) is 2.10. The Morgan fingerprint density at radius 1 is 1.02 bits per heavy atom. The van der Waals surface area contributed by atoms with Gasteiger partial charge in [-0.2, -0.15) is 5.26 Å². The number of nitrogens with two attached hydrogens (primary N) is 3. The molecule has 1 radical (unpaired) electrons. The van der Waals surface area contributed by atoms with Crippen LogP contribution in [0.15, 0.2) is 15.0 Å². The zero-order chi connectivity index (χ0) is 39.4. The van der Waals surface area contributed by atoms with Crippen LogP contribution in [0.1, 0.15) is 49.9 Å². The number of carbonyl (C=O) groups excluding carboxylic acids is 2. The van der Waals surface area contributed by atoms with Crippen LogP contribution in [0.3, 0.4) is 0 Å². The number of carbonyl (C=O) groups is 3. The average molecular weight is 826 g/mol. The minimum atomic E-state index is -1.50. The second kappa shape index (κ2) is 40.2. The number of hydrogen-bond acceptors (Lipinski definition) is 16. The Kier molecular flexibility index (Phi) is 49.5. The van der Waals surface area contributed by atoms with Gasteiger partial charge in [0.05, 0.1) is 12.6 Å². The molecule has 0 amide bonds. The standard InChI is InChI=1S/C9H20N4O2.C6H13NO2.C4H11N3S.C3H8N4O2.C2H3N.Ag.HNO3/c1-9(2,3)15-7(14)6-12-8(10-4)13-11-5;1-6(2,3)9-5(8)4-7;1-5-4(8-3)7-6-2;4-3(7-5)6-1-2(8)9;1-2-3;;2-1(3)4/h11H,6H2,1-5H3,(H2,10,12,13);4,7H2,1-3H3;6H,1-3H3,(H,5,7);1,5H2,(H,8,9)(H3,4,6,7);1H3;;(H,2,3,4)/p+1. The van der Waals surface area contributed by atoms with Gasteiger partial charge in [-0.25, -0.2) is 21.7 Å². The van der Waals surface area contributed by atoms with Crippen molar-refractivity contribution in [3.63, 3.8) is 0 Å². The number of nitrogens with one attached hydrogen (secondary N) is 6. The summed E-state index contributed by atoms with van der Waals surface area (Å²) in [5, 5.41) is 32.7. The monoisotopic (exact) mass is 824 g/mol. The van der Waals surface area contributed by atoms with Crippen molar-refractivity contribution in [2.75, 3.05) is 54.1 Å². The van der Waals surface area contributed by atoms with E-state index in [0.29, 0.717) is 5.96 Å².